The fourth-order valence-electron chi connectivity index (χ4n) is 1.29. The van der Waals surface area contributed by atoms with Crippen molar-refractivity contribution in [3.8, 4) is 5.75 Å². The molecule has 0 aliphatic carbocycles. The van der Waals surface area contributed by atoms with Crippen LogP contribution in [-0.4, -0.2) is 24.2 Å². The van der Waals surface area contributed by atoms with Crippen LogP contribution < -0.4 is 10.1 Å². The highest BCUT2D eigenvalue weighted by molar-refractivity contribution is 5.94. The van der Waals surface area contributed by atoms with Crippen molar-refractivity contribution in [2.75, 3.05) is 6.54 Å². The molecule has 110 valence electrons. The first-order valence-electron chi connectivity index (χ1n) is 6.55. The van der Waals surface area contributed by atoms with Crippen molar-refractivity contribution in [1.29, 1.82) is 0 Å². The van der Waals surface area contributed by atoms with Gasteiger partial charge in [-0.3, -0.25) is 14.4 Å². The van der Waals surface area contributed by atoms with Crippen molar-refractivity contribution >= 4 is 17.7 Å². The standard InChI is InChI=1S/C13H15NO4.C2H6/c1-9(15)7-8-14-13(17)11-3-5-12(6-4-11)18-10(2)16;1-2/h3-6H,7-8H2,1-2H3,(H,14,17);1-2H3. The number of hydrogen-bond acceptors (Lipinski definition) is 4. The highest BCUT2D eigenvalue weighted by Gasteiger charge is 2.06. The van der Waals surface area contributed by atoms with Crippen LogP contribution in [0.3, 0.4) is 0 Å². The second-order valence-electron chi connectivity index (χ2n) is 3.83. The number of hydrogen-bond donors (Lipinski definition) is 1. The van der Waals surface area contributed by atoms with E-state index in [1.807, 2.05) is 13.8 Å². The van der Waals surface area contributed by atoms with Crippen LogP contribution in [-0.2, 0) is 9.59 Å². The van der Waals surface area contributed by atoms with E-state index in [2.05, 4.69) is 5.32 Å². The van der Waals surface area contributed by atoms with Gasteiger partial charge in [-0.2, -0.15) is 0 Å². The van der Waals surface area contributed by atoms with Crippen molar-refractivity contribution in [2.24, 2.45) is 0 Å². The van der Waals surface area contributed by atoms with E-state index in [-0.39, 0.29) is 11.7 Å². The van der Waals surface area contributed by atoms with E-state index in [4.69, 9.17) is 4.74 Å². The predicted octanol–water partition coefficient (Wildman–Crippen LogP) is 2.35. The number of ketones is 1. The molecule has 20 heavy (non-hydrogen) atoms. The number of carbonyl (C=O) groups is 3. The fourth-order valence-corrected chi connectivity index (χ4v) is 1.29. The van der Waals surface area contributed by atoms with Gasteiger partial charge in [0.2, 0.25) is 0 Å². The molecule has 1 N–H and O–H groups in total. The Bertz CT molecular complexity index is 451. The molecule has 1 aromatic carbocycles. The van der Waals surface area contributed by atoms with Crippen molar-refractivity contribution < 1.29 is 19.1 Å². The number of rotatable bonds is 5. The second kappa shape index (κ2) is 9.72. The van der Waals surface area contributed by atoms with Gasteiger partial charge in [0, 0.05) is 25.5 Å². The molecule has 0 saturated heterocycles. The first-order chi connectivity index (χ1) is 9.49. The van der Waals surface area contributed by atoms with Crippen molar-refractivity contribution in [2.45, 2.75) is 34.1 Å². The maximum atomic E-state index is 11.6. The third-order valence-electron chi connectivity index (χ3n) is 2.14. The van der Waals surface area contributed by atoms with Gasteiger partial charge >= 0.3 is 5.97 Å². The lowest BCUT2D eigenvalue weighted by atomic mass is 10.2. The van der Waals surface area contributed by atoms with E-state index in [9.17, 15) is 14.4 Å². The summed E-state index contributed by atoms with van der Waals surface area (Å²) in [5.41, 5.74) is 0.453. The van der Waals surface area contributed by atoms with Gasteiger partial charge in [0.15, 0.2) is 0 Å². The van der Waals surface area contributed by atoms with Crippen molar-refractivity contribution in [3.05, 3.63) is 29.8 Å². The van der Waals surface area contributed by atoms with Gasteiger partial charge < -0.3 is 10.1 Å². The number of amides is 1. The largest absolute Gasteiger partial charge is 0.427 e. The molecule has 0 aliphatic rings. The minimum atomic E-state index is -0.409. The topological polar surface area (TPSA) is 72.5 Å². The Labute approximate surface area is 119 Å². The monoisotopic (exact) mass is 279 g/mol. The number of carbonyl (C=O) groups excluding carboxylic acids is 3. The van der Waals surface area contributed by atoms with Crippen LogP contribution in [0.1, 0.15) is 44.5 Å². The Morgan fingerprint density at radius 2 is 1.60 bits per heavy atom. The molecule has 0 unspecified atom stereocenters. The zero-order valence-electron chi connectivity index (χ0n) is 12.4. The maximum Gasteiger partial charge on any atom is 0.308 e. The molecule has 0 atom stereocenters. The first-order valence-corrected chi connectivity index (χ1v) is 6.55. The molecule has 0 spiro atoms. The fraction of sp³-hybridized carbons (Fsp3) is 0.400. The van der Waals surface area contributed by atoms with Gasteiger partial charge in [0.25, 0.3) is 5.91 Å². The van der Waals surface area contributed by atoms with E-state index in [0.717, 1.165) is 0 Å². The van der Waals surface area contributed by atoms with E-state index < -0.39 is 5.97 Å². The second-order valence-corrected chi connectivity index (χ2v) is 3.83. The van der Waals surface area contributed by atoms with E-state index in [0.29, 0.717) is 24.3 Å². The lowest BCUT2D eigenvalue weighted by Crippen LogP contribution is -2.25. The third kappa shape index (κ3) is 7.31. The van der Waals surface area contributed by atoms with Gasteiger partial charge in [-0.05, 0) is 31.2 Å². The Balaban J connectivity index is 0.00000172. The molecule has 0 radical (unpaired) electrons. The summed E-state index contributed by atoms with van der Waals surface area (Å²) in [7, 11) is 0. The van der Waals surface area contributed by atoms with Gasteiger partial charge in [-0.1, -0.05) is 13.8 Å². The summed E-state index contributed by atoms with van der Waals surface area (Å²) in [6.07, 6.45) is 0.317. The summed E-state index contributed by atoms with van der Waals surface area (Å²) in [6, 6.07) is 6.20. The van der Waals surface area contributed by atoms with Gasteiger partial charge in [-0.25, -0.2) is 0 Å². The highest BCUT2D eigenvalue weighted by Crippen LogP contribution is 2.12. The number of Topliss-reactive ketones (excluding diaryl/α,β-unsaturated/α-hetero) is 1. The molecule has 1 rings (SSSR count). The molecule has 0 aromatic heterocycles. The zero-order valence-corrected chi connectivity index (χ0v) is 12.4. The summed E-state index contributed by atoms with van der Waals surface area (Å²) >= 11 is 0. The van der Waals surface area contributed by atoms with Gasteiger partial charge in [-0.15, -0.1) is 0 Å². The Hall–Kier alpha value is -2.17. The number of nitrogens with one attached hydrogen (secondary N) is 1. The molecular weight excluding hydrogens is 258 g/mol. The minimum Gasteiger partial charge on any atom is -0.427 e. The maximum absolute atomic E-state index is 11.6. The SMILES string of the molecule is CC.CC(=O)CCNC(=O)c1ccc(OC(C)=O)cc1. The number of ether oxygens (including phenoxy) is 1. The Morgan fingerprint density at radius 3 is 2.05 bits per heavy atom. The minimum absolute atomic E-state index is 0.0282. The van der Waals surface area contributed by atoms with Crippen LogP contribution in [0.5, 0.6) is 5.75 Å². The normalized spacial score (nSPS) is 9.00. The molecule has 0 saturated carbocycles. The zero-order chi connectivity index (χ0) is 15.5. The average molecular weight is 279 g/mol. The lowest BCUT2D eigenvalue weighted by molar-refractivity contribution is -0.131. The van der Waals surface area contributed by atoms with Crippen LogP contribution in [0.4, 0.5) is 0 Å². The first kappa shape index (κ1) is 17.8. The highest BCUT2D eigenvalue weighted by atomic mass is 16.5. The van der Waals surface area contributed by atoms with Crippen LogP contribution in [0.25, 0.3) is 0 Å². The lowest BCUT2D eigenvalue weighted by Gasteiger charge is -2.05. The summed E-state index contributed by atoms with van der Waals surface area (Å²) in [5.74, 6) is -0.248. The van der Waals surface area contributed by atoms with Crippen LogP contribution >= 0.6 is 0 Å². The molecule has 5 heteroatoms. The molecule has 1 amide bonds. The molecule has 1 aromatic rings. The van der Waals surface area contributed by atoms with E-state index >= 15 is 0 Å². The molecule has 5 nitrogen and oxygen atoms in total. The van der Waals surface area contributed by atoms with E-state index in [1.165, 1.54) is 13.8 Å². The van der Waals surface area contributed by atoms with Gasteiger partial charge in [0.05, 0.1) is 0 Å². The Morgan fingerprint density at radius 1 is 1.05 bits per heavy atom. The van der Waals surface area contributed by atoms with Crippen molar-refractivity contribution in [3.63, 3.8) is 0 Å². The molecule has 0 aliphatic heterocycles. The summed E-state index contributed by atoms with van der Waals surface area (Å²) < 4.78 is 4.85. The third-order valence-corrected chi connectivity index (χ3v) is 2.14. The molecule has 0 bridgehead atoms. The number of benzene rings is 1. The molecule has 0 heterocycles. The summed E-state index contributed by atoms with van der Waals surface area (Å²) in [5, 5.41) is 2.62. The summed E-state index contributed by atoms with van der Waals surface area (Å²) in [6.45, 7) is 7.10. The predicted molar refractivity (Wildman–Crippen MR) is 76.7 cm³/mol. The van der Waals surface area contributed by atoms with Crippen LogP contribution in [0, 0.1) is 0 Å². The smallest absolute Gasteiger partial charge is 0.308 e. The van der Waals surface area contributed by atoms with Crippen LogP contribution in [0.15, 0.2) is 24.3 Å². The number of esters is 1. The quantitative estimate of drug-likeness (QED) is 0.663. The Kier molecular flexibility index (Phi) is 8.67. The van der Waals surface area contributed by atoms with E-state index in [1.54, 1.807) is 24.3 Å². The molecule has 0 fully saturated rings. The van der Waals surface area contributed by atoms with Crippen LogP contribution in [0.2, 0.25) is 0 Å². The summed E-state index contributed by atoms with van der Waals surface area (Å²) in [4.78, 5) is 33.0. The molecular formula is C15H21NO4. The van der Waals surface area contributed by atoms with Gasteiger partial charge in [0.1, 0.15) is 11.5 Å². The van der Waals surface area contributed by atoms with Crippen molar-refractivity contribution in [1.82, 2.24) is 5.32 Å². The average Bonchev–Trinajstić information content (AvgIpc) is 2.40.